The molecule has 1 aromatic rings. The summed E-state index contributed by atoms with van der Waals surface area (Å²) in [6.07, 6.45) is 4.43. The van der Waals surface area contributed by atoms with Crippen LogP contribution in [-0.2, 0) is 16.1 Å². The molecule has 0 radical (unpaired) electrons. The van der Waals surface area contributed by atoms with Crippen molar-refractivity contribution in [2.45, 2.75) is 59.0 Å². The Morgan fingerprint density at radius 2 is 2.12 bits per heavy atom. The Morgan fingerprint density at radius 1 is 1.28 bits per heavy atom. The lowest BCUT2D eigenvalue weighted by Crippen LogP contribution is -2.48. The highest BCUT2D eigenvalue weighted by Crippen LogP contribution is 2.29. The number of ether oxygens (including phenoxy) is 1. The normalized spacial score (nSPS) is 23.9. The summed E-state index contributed by atoms with van der Waals surface area (Å²) < 4.78 is 10.9. The van der Waals surface area contributed by atoms with E-state index in [1.165, 1.54) is 12.0 Å². The van der Waals surface area contributed by atoms with Crippen molar-refractivity contribution in [1.29, 1.82) is 0 Å². The first-order valence-corrected chi connectivity index (χ1v) is 9.59. The number of piperidine rings is 1. The Labute approximate surface area is 150 Å². The van der Waals surface area contributed by atoms with E-state index in [-0.39, 0.29) is 12.5 Å². The van der Waals surface area contributed by atoms with Gasteiger partial charge in [-0.15, -0.1) is 0 Å². The molecular weight excluding hydrogens is 318 g/mol. The number of fused-ring (bicyclic) bond motifs is 4. The Morgan fingerprint density at radius 3 is 2.84 bits per heavy atom. The first-order valence-electron chi connectivity index (χ1n) is 9.59. The zero-order chi connectivity index (χ0) is 17.8. The van der Waals surface area contributed by atoms with Crippen LogP contribution in [0.3, 0.4) is 0 Å². The number of unbranched alkanes of at least 4 members (excludes halogenated alkanes) is 1. The average molecular weight is 349 g/mol. The molecule has 0 aromatic carbocycles. The molecule has 25 heavy (non-hydrogen) atoms. The van der Waals surface area contributed by atoms with Gasteiger partial charge >= 0.3 is 0 Å². The molecule has 140 valence electrons. The number of aryl methyl sites for hydroxylation is 2. The zero-order valence-corrected chi connectivity index (χ0v) is 15.8. The van der Waals surface area contributed by atoms with Crippen molar-refractivity contribution in [1.82, 2.24) is 15.0 Å². The second-order valence-corrected chi connectivity index (χ2v) is 7.55. The summed E-state index contributed by atoms with van der Waals surface area (Å²) in [5.41, 5.74) is 2.17. The van der Waals surface area contributed by atoms with Gasteiger partial charge in [0.25, 0.3) is 0 Å². The highest BCUT2D eigenvalue weighted by molar-refractivity contribution is 5.78. The van der Waals surface area contributed by atoms with E-state index < -0.39 is 0 Å². The van der Waals surface area contributed by atoms with Crippen LogP contribution in [-0.4, -0.2) is 59.8 Å². The van der Waals surface area contributed by atoms with Crippen LogP contribution in [0.25, 0.3) is 0 Å². The van der Waals surface area contributed by atoms with Crippen LogP contribution in [0.15, 0.2) is 4.52 Å². The third kappa shape index (κ3) is 4.42. The van der Waals surface area contributed by atoms with E-state index >= 15 is 0 Å². The first-order chi connectivity index (χ1) is 12.1. The molecule has 3 saturated heterocycles. The predicted molar refractivity (Wildman–Crippen MR) is 95.2 cm³/mol. The number of rotatable bonds is 7. The van der Waals surface area contributed by atoms with Gasteiger partial charge in [-0.2, -0.15) is 0 Å². The molecule has 1 aromatic heterocycles. The molecule has 0 N–H and O–H groups in total. The van der Waals surface area contributed by atoms with Crippen molar-refractivity contribution < 1.29 is 14.1 Å². The summed E-state index contributed by atoms with van der Waals surface area (Å²) in [7, 11) is 0. The summed E-state index contributed by atoms with van der Waals surface area (Å²) in [4.78, 5) is 17.1. The van der Waals surface area contributed by atoms with E-state index in [4.69, 9.17) is 9.26 Å². The Bertz CT molecular complexity index is 567. The molecular formula is C19H31N3O3. The molecule has 3 aliphatic heterocycles. The molecule has 4 heterocycles. The van der Waals surface area contributed by atoms with Crippen LogP contribution in [0.5, 0.6) is 0 Å². The molecule has 2 atom stereocenters. The van der Waals surface area contributed by atoms with Gasteiger partial charge in [0.15, 0.2) is 0 Å². The van der Waals surface area contributed by atoms with Crippen molar-refractivity contribution in [2.24, 2.45) is 5.92 Å². The summed E-state index contributed by atoms with van der Waals surface area (Å²) >= 11 is 0. The van der Waals surface area contributed by atoms with E-state index in [2.05, 4.69) is 21.9 Å². The first kappa shape index (κ1) is 18.4. The average Bonchev–Trinajstić information content (AvgIpc) is 2.80. The van der Waals surface area contributed by atoms with Gasteiger partial charge in [0.05, 0.1) is 5.69 Å². The summed E-state index contributed by atoms with van der Waals surface area (Å²) in [5.74, 6) is 1.62. The van der Waals surface area contributed by atoms with Gasteiger partial charge in [0, 0.05) is 44.4 Å². The monoisotopic (exact) mass is 349 g/mol. The zero-order valence-electron chi connectivity index (χ0n) is 15.8. The van der Waals surface area contributed by atoms with Crippen molar-refractivity contribution in [2.75, 3.05) is 32.8 Å². The van der Waals surface area contributed by atoms with E-state index in [9.17, 15) is 4.79 Å². The molecule has 0 unspecified atom stereocenters. The van der Waals surface area contributed by atoms with Gasteiger partial charge in [-0.1, -0.05) is 18.5 Å². The van der Waals surface area contributed by atoms with Gasteiger partial charge in [0.2, 0.25) is 5.91 Å². The minimum atomic E-state index is 0.157. The topological polar surface area (TPSA) is 58.8 Å². The van der Waals surface area contributed by atoms with Crippen LogP contribution in [0.2, 0.25) is 0 Å². The fraction of sp³-hybridized carbons (Fsp3) is 0.789. The second-order valence-electron chi connectivity index (χ2n) is 7.55. The predicted octanol–water partition coefficient (Wildman–Crippen LogP) is 2.53. The van der Waals surface area contributed by atoms with Crippen LogP contribution in [0.1, 0.15) is 49.6 Å². The van der Waals surface area contributed by atoms with E-state index in [0.717, 1.165) is 56.9 Å². The molecule has 0 saturated carbocycles. The minimum Gasteiger partial charge on any atom is -0.372 e. The van der Waals surface area contributed by atoms with Crippen LogP contribution in [0.4, 0.5) is 0 Å². The molecule has 4 rings (SSSR count). The Kier molecular flexibility index (Phi) is 6.12. The highest BCUT2D eigenvalue weighted by Gasteiger charge is 2.37. The molecule has 3 fully saturated rings. The van der Waals surface area contributed by atoms with E-state index in [0.29, 0.717) is 18.6 Å². The van der Waals surface area contributed by atoms with Gasteiger partial charge in [-0.05, 0) is 39.0 Å². The van der Waals surface area contributed by atoms with E-state index in [1.807, 2.05) is 13.8 Å². The van der Waals surface area contributed by atoms with Crippen molar-refractivity contribution >= 4 is 5.91 Å². The fourth-order valence-electron chi connectivity index (χ4n) is 4.05. The standard InChI is InChI=1S/C19H31N3O3/c1-4-5-8-24-13-19(23)22-10-16-6-7-17(22)11-21(9-16)12-18-14(2)20-25-15(18)3/h16-17H,4-13H2,1-3H3/t16-,17+/m1/s1. The number of carbonyl (C=O) groups is 1. The Hall–Kier alpha value is -1.40. The van der Waals surface area contributed by atoms with Crippen LogP contribution >= 0.6 is 0 Å². The molecule has 1 amide bonds. The van der Waals surface area contributed by atoms with Crippen LogP contribution in [0, 0.1) is 19.8 Å². The summed E-state index contributed by atoms with van der Waals surface area (Å²) in [6.45, 7) is 10.7. The fourth-order valence-corrected chi connectivity index (χ4v) is 4.05. The number of amides is 1. The summed E-state index contributed by atoms with van der Waals surface area (Å²) in [6, 6.07) is 0.307. The summed E-state index contributed by atoms with van der Waals surface area (Å²) in [5, 5.41) is 4.07. The number of carbonyl (C=O) groups excluding carboxylic acids is 1. The third-order valence-electron chi connectivity index (χ3n) is 5.54. The number of hydrogen-bond donors (Lipinski definition) is 0. The molecule has 6 heteroatoms. The molecule has 0 aliphatic carbocycles. The van der Waals surface area contributed by atoms with Crippen molar-refractivity contribution in [3.8, 4) is 0 Å². The number of aromatic nitrogens is 1. The van der Waals surface area contributed by atoms with Crippen molar-refractivity contribution in [3.63, 3.8) is 0 Å². The lowest BCUT2D eigenvalue weighted by Gasteiger charge is -2.36. The Balaban J connectivity index is 1.59. The maximum atomic E-state index is 12.6. The maximum absolute atomic E-state index is 12.6. The molecule has 6 nitrogen and oxygen atoms in total. The lowest BCUT2D eigenvalue weighted by atomic mass is 9.95. The van der Waals surface area contributed by atoms with Gasteiger partial charge in [0.1, 0.15) is 12.4 Å². The number of nitrogens with zero attached hydrogens (tertiary/aromatic N) is 3. The molecule has 0 spiro atoms. The van der Waals surface area contributed by atoms with Crippen LogP contribution < -0.4 is 0 Å². The molecule has 2 bridgehead atoms. The van der Waals surface area contributed by atoms with Gasteiger partial charge in [-0.25, -0.2) is 0 Å². The third-order valence-corrected chi connectivity index (χ3v) is 5.54. The lowest BCUT2D eigenvalue weighted by molar-refractivity contribution is -0.140. The maximum Gasteiger partial charge on any atom is 0.248 e. The molecule has 3 aliphatic rings. The highest BCUT2D eigenvalue weighted by atomic mass is 16.5. The quantitative estimate of drug-likeness (QED) is 0.708. The van der Waals surface area contributed by atoms with E-state index in [1.54, 1.807) is 0 Å². The minimum absolute atomic E-state index is 0.157. The SMILES string of the molecule is CCCCOCC(=O)N1C[C@@H]2CC[C@H]1CN(Cc1c(C)noc1C)C2. The van der Waals surface area contributed by atoms with Gasteiger partial charge < -0.3 is 14.2 Å². The number of hydrogen-bond acceptors (Lipinski definition) is 5. The second kappa shape index (κ2) is 8.32. The van der Waals surface area contributed by atoms with Gasteiger partial charge in [-0.3, -0.25) is 9.69 Å². The largest absolute Gasteiger partial charge is 0.372 e. The van der Waals surface area contributed by atoms with Crippen molar-refractivity contribution in [3.05, 3.63) is 17.0 Å². The smallest absolute Gasteiger partial charge is 0.248 e.